The van der Waals surface area contributed by atoms with Gasteiger partial charge in [0.05, 0.1) is 7.11 Å². The molecular formula is C28H45N3O6. The molecule has 1 rings (SSSR count). The lowest BCUT2D eigenvalue weighted by Crippen LogP contribution is -2.55. The number of alkyl carbamates (subject to hydrolysis) is 1. The quantitative estimate of drug-likeness (QED) is 0.424. The Bertz CT molecular complexity index is 933. The van der Waals surface area contributed by atoms with Crippen molar-refractivity contribution in [2.75, 3.05) is 13.7 Å². The molecule has 3 amide bonds. The lowest BCUT2D eigenvalue weighted by Gasteiger charge is -2.39. The van der Waals surface area contributed by atoms with Crippen molar-refractivity contribution in [1.82, 2.24) is 15.5 Å². The molecule has 9 heteroatoms. The van der Waals surface area contributed by atoms with Crippen LogP contribution in [0.15, 0.2) is 18.2 Å². The summed E-state index contributed by atoms with van der Waals surface area (Å²) >= 11 is 0. The summed E-state index contributed by atoms with van der Waals surface area (Å²) in [6.07, 6.45) is 0.762. The number of carbonyl (C=O) groups is 4. The van der Waals surface area contributed by atoms with E-state index < -0.39 is 41.6 Å². The zero-order valence-electron chi connectivity index (χ0n) is 24.1. The number of esters is 1. The molecule has 0 saturated heterocycles. The van der Waals surface area contributed by atoms with Gasteiger partial charge in [-0.05, 0) is 83.9 Å². The molecule has 0 fully saturated rings. The Labute approximate surface area is 221 Å². The fourth-order valence-corrected chi connectivity index (χ4v) is 4.07. The molecule has 0 aliphatic rings. The first kappa shape index (κ1) is 31.9. The van der Waals surface area contributed by atoms with Gasteiger partial charge in [0.1, 0.15) is 24.2 Å². The largest absolute Gasteiger partial charge is 0.468 e. The normalized spacial score (nSPS) is 13.8. The van der Waals surface area contributed by atoms with Crippen molar-refractivity contribution in [3.8, 4) is 0 Å². The van der Waals surface area contributed by atoms with Gasteiger partial charge < -0.3 is 25.0 Å². The molecule has 0 aromatic heterocycles. The van der Waals surface area contributed by atoms with Gasteiger partial charge >= 0.3 is 12.1 Å². The summed E-state index contributed by atoms with van der Waals surface area (Å²) in [5.41, 5.74) is 1.62. The van der Waals surface area contributed by atoms with Crippen LogP contribution in [0, 0.1) is 19.8 Å². The minimum atomic E-state index is -1.02. The molecule has 0 radical (unpaired) electrons. The molecular weight excluding hydrogens is 474 g/mol. The lowest BCUT2D eigenvalue weighted by atomic mass is 9.91. The van der Waals surface area contributed by atoms with Gasteiger partial charge in [-0.2, -0.15) is 0 Å². The van der Waals surface area contributed by atoms with Gasteiger partial charge in [-0.3, -0.25) is 14.4 Å². The average Bonchev–Trinajstić information content (AvgIpc) is 2.78. The van der Waals surface area contributed by atoms with Gasteiger partial charge in [-0.1, -0.05) is 32.0 Å². The second kappa shape index (κ2) is 14.0. The van der Waals surface area contributed by atoms with E-state index in [0.717, 1.165) is 17.5 Å². The van der Waals surface area contributed by atoms with Crippen LogP contribution in [-0.4, -0.2) is 60.1 Å². The van der Waals surface area contributed by atoms with E-state index in [-0.39, 0.29) is 12.6 Å². The highest BCUT2D eigenvalue weighted by Gasteiger charge is 2.39. The van der Waals surface area contributed by atoms with Gasteiger partial charge in [-0.25, -0.2) is 4.79 Å². The number of nitrogens with zero attached hydrogens (tertiary/aromatic N) is 1. The number of benzene rings is 1. The second-order valence-corrected chi connectivity index (χ2v) is 10.9. The molecule has 0 bridgehead atoms. The van der Waals surface area contributed by atoms with Crippen LogP contribution in [0.2, 0.25) is 0 Å². The van der Waals surface area contributed by atoms with E-state index in [4.69, 9.17) is 4.74 Å². The van der Waals surface area contributed by atoms with Crippen LogP contribution in [0.5, 0.6) is 0 Å². The summed E-state index contributed by atoms with van der Waals surface area (Å²) in [5, 5.41) is 5.24. The number of methoxy groups -OCH3 is 1. The molecule has 0 saturated carbocycles. The van der Waals surface area contributed by atoms with Gasteiger partial charge in [0.25, 0.3) is 0 Å². The van der Waals surface area contributed by atoms with Crippen LogP contribution < -0.4 is 10.6 Å². The topological polar surface area (TPSA) is 114 Å². The Hall–Kier alpha value is -3.10. The predicted molar refractivity (Wildman–Crippen MR) is 143 cm³/mol. The molecule has 0 aliphatic heterocycles. The van der Waals surface area contributed by atoms with Gasteiger partial charge in [-0.15, -0.1) is 0 Å². The van der Waals surface area contributed by atoms with E-state index in [2.05, 4.69) is 29.2 Å². The van der Waals surface area contributed by atoms with E-state index in [9.17, 15) is 19.2 Å². The third-order valence-electron chi connectivity index (χ3n) is 5.97. The Balaban J connectivity index is 3.55. The third kappa shape index (κ3) is 10.1. The summed E-state index contributed by atoms with van der Waals surface area (Å²) < 4.78 is 10.0. The molecule has 2 N–H and O–H groups in total. The number of ether oxygens (including phenoxy) is 2. The Kier molecular flexibility index (Phi) is 12.1. The summed E-state index contributed by atoms with van der Waals surface area (Å²) in [6, 6.07) is 3.32. The van der Waals surface area contributed by atoms with Crippen molar-refractivity contribution in [2.45, 2.75) is 98.9 Å². The van der Waals surface area contributed by atoms with Crippen LogP contribution in [0.3, 0.4) is 0 Å². The number of hydrogen-bond acceptors (Lipinski definition) is 6. The summed E-state index contributed by atoms with van der Waals surface area (Å²) in [5.74, 6) is -1.14. The highest BCUT2D eigenvalue weighted by atomic mass is 16.6. The molecule has 37 heavy (non-hydrogen) atoms. The van der Waals surface area contributed by atoms with E-state index in [0.29, 0.717) is 17.9 Å². The van der Waals surface area contributed by atoms with E-state index in [1.165, 1.54) is 12.0 Å². The molecule has 3 atom stereocenters. The third-order valence-corrected chi connectivity index (χ3v) is 5.97. The minimum absolute atomic E-state index is 0.328. The number of hydrogen-bond donors (Lipinski definition) is 2. The van der Waals surface area contributed by atoms with Crippen LogP contribution in [0.25, 0.3) is 0 Å². The van der Waals surface area contributed by atoms with Crippen molar-refractivity contribution >= 4 is 23.9 Å². The molecule has 0 heterocycles. The van der Waals surface area contributed by atoms with Crippen molar-refractivity contribution < 1.29 is 28.7 Å². The fourth-order valence-electron chi connectivity index (χ4n) is 4.07. The van der Waals surface area contributed by atoms with Crippen LogP contribution in [0.1, 0.15) is 84.0 Å². The summed E-state index contributed by atoms with van der Waals surface area (Å²) in [7, 11) is 1.24. The van der Waals surface area contributed by atoms with Gasteiger partial charge in [0, 0.05) is 6.04 Å². The summed E-state index contributed by atoms with van der Waals surface area (Å²) in [6.45, 7) is 16.3. The lowest BCUT2D eigenvalue weighted by molar-refractivity contribution is -0.146. The number of amides is 3. The first-order valence-electron chi connectivity index (χ1n) is 12.8. The maximum Gasteiger partial charge on any atom is 0.408 e. The molecule has 208 valence electrons. The smallest absolute Gasteiger partial charge is 0.408 e. The summed E-state index contributed by atoms with van der Waals surface area (Å²) in [4.78, 5) is 53.4. The van der Waals surface area contributed by atoms with Crippen molar-refractivity contribution in [1.29, 1.82) is 0 Å². The zero-order chi connectivity index (χ0) is 28.5. The second-order valence-electron chi connectivity index (χ2n) is 10.9. The molecule has 0 spiro atoms. The molecule has 3 unspecified atom stereocenters. The van der Waals surface area contributed by atoms with Crippen LogP contribution >= 0.6 is 0 Å². The van der Waals surface area contributed by atoms with E-state index in [1.807, 2.05) is 39.0 Å². The van der Waals surface area contributed by atoms with E-state index in [1.54, 1.807) is 27.7 Å². The molecule has 0 aliphatic carbocycles. The maximum absolute atomic E-state index is 14.0. The minimum Gasteiger partial charge on any atom is -0.468 e. The average molecular weight is 520 g/mol. The van der Waals surface area contributed by atoms with Gasteiger partial charge in [0.2, 0.25) is 11.8 Å². The van der Waals surface area contributed by atoms with Crippen molar-refractivity contribution in [2.24, 2.45) is 5.92 Å². The molecule has 9 nitrogen and oxygen atoms in total. The number of aryl methyl sites for hydroxylation is 2. The fraction of sp³-hybridized carbons (Fsp3) is 0.643. The Morgan fingerprint density at radius 2 is 1.54 bits per heavy atom. The highest BCUT2D eigenvalue weighted by Crippen LogP contribution is 2.31. The van der Waals surface area contributed by atoms with Crippen molar-refractivity contribution in [3.63, 3.8) is 0 Å². The predicted octanol–water partition coefficient (Wildman–Crippen LogP) is 4.20. The first-order chi connectivity index (χ1) is 17.1. The van der Waals surface area contributed by atoms with Crippen LogP contribution in [-0.2, 0) is 23.9 Å². The first-order valence-corrected chi connectivity index (χ1v) is 12.8. The number of nitrogens with one attached hydrogen (secondary N) is 2. The standard InChI is InChI=1S/C28H45N3O6/c1-17(2)14-15-20(5)31(26(34)21(6)30-27(35)37-28(7,8)9)24(25(33)29-16-22(32)36-10)23-18(3)12-11-13-19(23)4/h11-13,17,20-21,24H,14-16H2,1-10H3,(H,29,33)(H,30,35). The monoisotopic (exact) mass is 519 g/mol. The van der Waals surface area contributed by atoms with Gasteiger partial charge in [0.15, 0.2) is 0 Å². The maximum atomic E-state index is 14.0. The Morgan fingerprint density at radius 1 is 0.973 bits per heavy atom. The van der Waals surface area contributed by atoms with Crippen LogP contribution in [0.4, 0.5) is 4.79 Å². The molecule has 1 aromatic rings. The molecule has 1 aromatic carbocycles. The highest BCUT2D eigenvalue weighted by molar-refractivity contribution is 5.93. The van der Waals surface area contributed by atoms with Crippen molar-refractivity contribution in [3.05, 3.63) is 34.9 Å². The Morgan fingerprint density at radius 3 is 2.03 bits per heavy atom. The number of carbonyl (C=O) groups excluding carboxylic acids is 4. The number of rotatable bonds is 11. The zero-order valence-corrected chi connectivity index (χ0v) is 24.1. The van der Waals surface area contributed by atoms with E-state index >= 15 is 0 Å². The SMILES string of the molecule is COC(=O)CNC(=O)C(c1c(C)cccc1C)N(C(=O)C(C)NC(=O)OC(C)(C)C)C(C)CCC(C)C.